The Balaban J connectivity index is 1.97. The van der Waals surface area contributed by atoms with Crippen molar-refractivity contribution in [2.45, 2.75) is 17.2 Å². The van der Waals surface area contributed by atoms with Gasteiger partial charge in [0.2, 0.25) is 6.79 Å². The van der Waals surface area contributed by atoms with Gasteiger partial charge in [-0.3, -0.25) is 4.79 Å². The summed E-state index contributed by atoms with van der Waals surface area (Å²) in [6.07, 6.45) is 0. The van der Waals surface area contributed by atoms with Crippen molar-refractivity contribution in [2.24, 2.45) is 0 Å². The number of fused-ring (bicyclic) bond motifs is 1. The lowest BCUT2D eigenvalue weighted by atomic mass is 10.1. The van der Waals surface area contributed by atoms with Gasteiger partial charge in [-0.25, -0.2) is 4.98 Å². The molecule has 7 heteroatoms. The molecule has 0 saturated heterocycles. The number of hydrogen-bond donors (Lipinski definition) is 1. The fourth-order valence-electron chi connectivity index (χ4n) is 2.05. The maximum absolute atomic E-state index is 11.0. The van der Waals surface area contributed by atoms with Crippen LogP contribution in [0.2, 0.25) is 0 Å². The van der Waals surface area contributed by atoms with Crippen LogP contribution in [0.5, 0.6) is 11.5 Å². The molecule has 1 aliphatic heterocycles. The molecule has 0 saturated carbocycles. The van der Waals surface area contributed by atoms with Crippen molar-refractivity contribution in [1.29, 1.82) is 5.26 Å². The maximum Gasteiger partial charge on any atom is 0.316 e. The fraction of sp³-hybridized carbons (Fsp3) is 0.188. The molecule has 6 nitrogen and oxygen atoms in total. The van der Waals surface area contributed by atoms with E-state index in [9.17, 15) is 10.1 Å². The van der Waals surface area contributed by atoms with E-state index in [2.05, 4.69) is 4.98 Å². The summed E-state index contributed by atoms with van der Waals surface area (Å²) in [5, 5.41) is 17.9. The number of nitriles is 1. The van der Waals surface area contributed by atoms with Crippen LogP contribution in [0, 0.1) is 11.3 Å². The summed E-state index contributed by atoms with van der Waals surface area (Å²) in [6.45, 7) is 1.75. The van der Waals surface area contributed by atoms with Gasteiger partial charge in [0.1, 0.15) is 16.3 Å². The Hall–Kier alpha value is -2.72. The van der Waals surface area contributed by atoms with Crippen LogP contribution in [0.15, 0.2) is 35.4 Å². The highest BCUT2D eigenvalue weighted by molar-refractivity contribution is 8.00. The third kappa shape index (κ3) is 3.07. The van der Waals surface area contributed by atoms with Gasteiger partial charge in [0.25, 0.3) is 0 Å². The molecule has 0 radical (unpaired) electrons. The zero-order chi connectivity index (χ0) is 16.4. The van der Waals surface area contributed by atoms with Crippen LogP contribution in [0.4, 0.5) is 0 Å². The molecule has 23 heavy (non-hydrogen) atoms. The molecule has 0 amide bonds. The van der Waals surface area contributed by atoms with Gasteiger partial charge in [0.15, 0.2) is 11.5 Å². The molecular formula is C16H12N2O4S. The molecule has 1 aliphatic rings. The van der Waals surface area contributed by atoms with Crippen LogP contribution >= 0.6 is 11.8 Å². The van der Waals surface area contributed by atoms with Crippen molar-refractivity contribution in [1.82, 2.24) is 4.98 Å². The van der Waals surface area contributed by atoms with Gasteiger partial charge in [-0.05, 0) is 37.3 Å². The highest BCUT2D eigenvalue weighted by Crippen LogP contribution is 2.36. The number of ether oxygens (including phenoxy) is 2. The van der Waals surface area contributed by atoms with Gasteiger partial charge in [-0.1, -0.05) is 11.8 Å². The third-order valence-corrected chi connectivity index (χ3v) is 4.37. The quantitative estimate of drug-likeness (QED) is 0.863. The second-order valence-corrected chi connectivity index (χ2v) is 6.16. The predicted molar refractivity (Wildman–Crippen MR) is 83.5 cm³/mol. The minimum atomic E-state index is -0.950. The van der Waals surface area contributed by atoms with E-state index in [4.69, 9.17) is 14.6 Å². The second kappa shape index (κ2) is 6.18. The number of nitrogens with zero attached hydrogens (tertiary/aromatic N) is 2. The molecule has 3 rings (SSSR count). The zero-order valence-corrected chi connectivity index (χ0v) is 13.0. The molecule has 1 unspecified atom stereocenters. The summed E-state index contributed by atoms with van der Waals surface area (Å²) in [5.74, 6) is 0.368. The minimum absolute atomic E-state index is 0.191. The molecule has 1 aromatic heterocycles. The largest absolute Gasteiger partial charge is 0.480 e. The van der Waals surface area contributed by atoms with E-state index < -0.39 is 11.2 Å². The van der Waals surface area contributed by atoms with E-state index in [1.54, 1.807) is 25.1 Å². The van der Waals surface area contributed by atoms with E-state index in [0.29, 0.717) is 27.8 Å². The van der Waals surface area contributed by atoms with Crippen LogP contribution in [0.25, 0.3) is 11.3 Å². The number of hydrogen-bond acceptors (Lipinski definition) is 6. The molecule has 1 aromatic carbocycles. The summed E-state index contributed by atoms with van der Waals surface area (Å²) in [5.41, 5.74) is 1.80. The number of rotatable bonds is 4. The smallest absolute Gasteiger partial charge is 0.316 e. The number of aromatic nitrogens is 1. The molecule has 0 bridgehead atoms. The van der Waals surface area contributed by atoms with Gasteiger partial charge >= 0.3 is 5.97 Å². The van der Waals surface area contributed by atoms with Gasteiger partial charge in [0, 0.05) is 5.56 Å². The summed E-state index contributed by atoms with van der Waals surface area (Å²) >= 11 is 1.05. The van der Waals surface area contributed by atoms with E-state index in [-0.39, 0.29) is 6.79 Å². The minimum Gasteiger partial charge on any atom is -0.480 e. The van der Waals surface area contributed by atoms with E-state index in [1.807, 2.05) is 18.2 Å². The van der Waals surface area contributed by atoms with Crippen molar-refractivity contribution < 1.29 is 19.4 Å². The van der Waals surface area contributed by atoms with Crippen molar-refractivity contribution in [3.8, 4) is 28.8 Å². The van der Waals surface area contributed by atoms with E-state index >= 15 is 0 Å². The molecule has 2 aromatic rings. The molecule has 1 atom stereocenters. The monoisotopic (exact) mass is 328 g/mol. The average Bonchev–Trinajstić information content (AvgIpc) is 3.02. The Bertz CT molecular complexity index is 816. The lowest BCUT2D eigenvalue weighted by Gasteiger charge is -2.09. The Labute approximate surface area is 136 Å². The van der Waals surface area contributed by atoms with E-state index in [0.717, 1.165) is 17.3 Å². The predicted octanol–water partition coefficient (Wildman–Crippen LogP) is 2.91. The van der Waals surface area contributed by atoms with Gasteiger partial charge in [-0.2, -0.15) is 5.26 Å². The normalized spacial score (nSPS) is 13.4. The van der Waals surface area contributed by atoms with Gasteiger partial charge in [0.05, 0.1) is 11.3 Å². The number of carboxylic acid groups (broad SMARTS) is 1. The highest BCUT2D eigenvalue weighted by Gasteiger charge is 2.18. The van der Waals surface area contributed by atoms with Crippen molar-refractivity contribution in [3.05, 3.63) is 35.9 Å². The number of aliphatic carboxylic acids is 1. The first-order valence-corrected chi connectivity index (χ1v) is 7.67. The Morgan fingerprint density at radius 3 is 2.87 bits per heavy atom. The highest BCUT2D eigenvalue weighted by atomic mass is 32.2. The molecule has 0 fully saturated rings. The van der Waals surface area contributed by atoms with Crippen molar-refractivity contribution >= 4 is 17.7 Å². The van der Waals surface area contributed by atoms with Gasteiger partial charge in [-0.15, -0.1) is 0 Å². The molecule has 1 N–H and O–H groups in total. The number of pyridine rings is 1. The number of carboxylic acids is 1. The SMILES string of the molecule is CC(Sc1nc(-c2ccc3c(c2)OCO3)ccc1C#N)C(=O)O. The van der Waals surface area contributed by atoms with Crippen LogP contribution in [0.3, 0.4) is 0 Å². The topological polar surface area (TPSA) is 92.4 Å². The van der Waals surface area contributed by atoms with E-state index in [1.165, 1.54) is 0 Å². The van der Waals surface area contributed by atoms with Crippen molar-refractivity contribution in [3.63, 3.8) is 0 Å². The first kappa shape index (κ1) is 15.2. The van der Waals surface area contributed by atoms with Crippen LogP contribution in [-0.2, 0) is 4.79 Å². The second-order valence-electron chi connectivity index (χ2n) is 4.83. The summed E-state index contributed by atoms with van der Waals surface area (Å²) < 4.78 is 10.6. The van der Waals surface area contributed by atoms with Crippen LogP contribution in [-0.4, -0.2) is 28.1 Å². The molecular weight excluding hydrogens is 316 g/mol. The number of carbonyl (C=O) groups is 1. The lowest BCUT2D eigenvalue weighted by molar-refractivity contribution is -0.136. The first-order valence-electron chi connectivity index (χ1n) is 6.79. The molecule has 0 aliphatic carbocycles. The third-order valence-electron chi connectivity index (χ3n) is 3.29. The molecule has 116 valence electrons. The summed E-state index contributed by atoms with van der Waals surface area (Å²) in [7, 11) is 0. The Morgan fingerprint density at radius 2 is 2.13 bits per heavy atom. The number of thioether (sulfide) groups is 1. The van der Waals surface area contributed by atoms with Crippen molar-refractivity contribution in [2.75, 3.05) is 6.79 Å². The average molecular weight is 328 g/mol. The fourth-order valence-corrected chi connectivity index (χ4v) is 2.88. The molecule has 0 spiro atoms. The molecule has 2 heterocycles. The number of benzene rings is 1. The Kier molecular flexibility index (Phi) is 4.08. The standard InChI is InChI=1S/C16H12N2O4S/c1-9(16(19)20)23-15-11(7-17)2-4-12(18-15)10-3-5-13-14(6-10)22-8-21-13/h2-6,9H,8H2,1H3,(H,19,20). The van der Waals surface area contributed by atoms with Crippen LogP contribution < -0.4 is 9.47 Å². The first-order chi connectivity index (χ1) is 11.1. The van der Waals surface area contributed by atoms with Crippen LogP contribution in [0.1, 0.15) is 12.5 Å². The maximum atomic E-state index is 11.0. The summed E-state index contributed by atoms with van der Waals surface area (Å²) in [4.78, 5) is 15.5. The summed E-state index contributed by atoms with van der Waals surface area (Å²) in [6, 6.07) is 10.9. The Morgan fingerprint density at radius 1 is 1.35 bits per heavy atom. The lowest BCUT2D eigenvalue weighted by Crippen LogP contribution is -2.12. The zero-order valence-electron chi connectivity index (χ0n) is 12.1. The van der Waals surface area contributed by atoms with Gasteiger partial charge < -0.3 is 14.6 Å².